The Morgan fingerprint density at radius 3 is 1.55 bits per heavy atom. The van der Waals surface area contributed by atoms with E-state index in [0.717, 1.165) is 16.7 Å². The molecule has 5 rings (SSSR count). The van der Waals surface area contributed by atoms with Gasteiger partial charge in [-0.05, 0) is 65.9 Å². The number of anilines is 1. The highest BCUT2D eigenvalue weighted by atomic mass is 35.5. The molecule has 1 saturated heterocycles. The molecule has 0 aliphatic carbocycles. The van der Waals surface area contributed by atoms with Gasteiger partial charge in [0.1, 0.15) is 0 Å². The molecule has 1 fully saturated rings. The molecular weight excluding hydrogens is 878 g/mol. The van der Waals surface area contributed by atoms with Gasteiger partial charge >= 0.3 is 15.5 Å². The molecular formula is C43H54Cl2F3N3O10S. The largest absolute Gasteiger partial charge is 0.511 e. The Kier molecular flexibility index (Phi) is 20.2. The Morgan fingerprint density at radius 1 is 0.661 bits per heavy atom. The van der Waals surface area contributed by atoms with Gasteiger partial charge in [0.15, 0.2) is 0 Å². The number of fused-ring (bicyclic) bond motifs is 1. The van der Waals surface area contributed by atoms with Crippen LogP contribution in [-0.2, 0) is 49.7 Å². The summed E-state index contributed by atoms with van der Waals surface area (Å²) in [6, 6.07) is 21.9. The number of hydrogen-bond acceptors (Lipinski definition) is 11. The highest BCUT2D eigenvalue weighted by Gasteiger charge is 2.50. The molecule has 1 aliphatic heterocycles. The Balaban J connectivity index is 1.19. The van der Waals surface area contributed by atoms with Gasteiger partial charge in [0.05, 0.1) is 91.4 Å². The lowest BCUT2D eigenvalue weighted by Crippen LogP contribution is -2.47. The molecule has 342 valence electrons. The number of aromatic nitrogens is 1. The molecule has 4 aromatic rings. The van der Waals surface area contributed by atoms with Crippen LogP contribution in [0.5, 0.6) is 0 Å². The van der Waals surface area contributed by atoms with Crippen molar-refractivity contribution < 1.29 is 54.7 Å². The van der Waals surface area contributed by atoms with Crippen LogP contribution in [0.2, 0.25) is 10.0 Å². The minimum atomic E-state index is -5.45. The fraction of sp³-hybridized carbons (Fsp3) is 0.512. The van der Waals surface area contributed by atoms with Crippen LogP contribution in [0.1, 0.15) is 35.4 Å². The maximum absolute atomic E-state index is 13.7. The van der Waals surface area contributed by atoms with Crippen molar-refractivity contribution in [2.45, 2.75) is 36.9 Å². The van der Waals surface area contributed by atoms with Crippen molar-refractivity contribution in [3.05, 3.63) is 110 Å². The molecule has 3 aromatic carbocycles. The average Bonchev–Trinajstić information content (AvgIpc) is 3.25. The Morgan fingerprint density at radius 2 is 1.10 bits per heavy atom. The van der Waals surface area contributed by atoms with Crippen molar-refractivity contribution in [1.29, 1.82) is 0 Å². The van der Waals surface area contributed by atoms with Crippen molar-refractivity contribution in [1.82, 2.24) is 8.87 Å². The van der Waals surface area contributed by atoms with Gasteiger partial charge < -0.3 is 43.0 Å². The second-order valence-electron chi connectivity index (χ2n) is 14.3. The molecule has 19 heteroatoms. The SMILES string of the molecule is COCCOCCOCCOCCOCCOCCOCCn1c(=O)cc(NC2CCN(S(=O)(=O)C(F)(F)F)CC2)c2cc(C(c3ccc(Cl)cc3)c3ccc(Cl)cc3)ccc21. The van der Waals surface area contributed by atoms with Gasteiger partial charge in [0.25, 0.3) is 5.56 Å². The van der Waals surface area contributed by atoms with Crippen molar-refractivity contribution in [2.75, 3.05) is 111 Å². The fourth-order valence-corrected chi connectivity index (χ4v) is 8.16. The summed E-state index contributed by atoms with van der Waals surface area (Å²) >= 11 is 12.5. The Bertz CT molecular complexity index is 2080. The maximum atomic E-state index is 13.7. The van der Waals surface area contributed by atoms with E-state index < -0.39 is 21.6 Å². The van der Waals surface area contributed by atoms with E-state index >= 15 is 0 Å². The first-order chi connectivity index (χ1) is 29.9. The van der Waals surface area contributed by atoms with E-state index in [9.17, 15) is 26.4 Å². The predicted octanol–water partition coefficient (Wildman–Crippen LogP) is 6.96. The van der Waals surface area contributed by atoms with Crippen LogP contribution in [0, 0.1) is 0 Å². The summed E-state index contributed by atoms with van der Waals surface area (Å²) in [4.78, 5) is 13.7. The van der Waals surface area contributed by atoms with Gasteiger partial charge in [-0.2, -0.15) is 17.5 Å². The first-order valence-corrected chi connectivity index (χ1v) is 22.6. The van der Waals surface area contributed by atoms with E-state index in [1.54, 1.807) is 11.7 Å². The third-order valence-electron chi connectivity index (χ3n) is 10.1. The number of ether oxygens (including phenoxy) is 7. The fourth-order valence-electron chi connectivity index (χ4n) is 6.93. The van der Waals surface area contributed by atoms with Crippen LogP contribution in [0.15, 0.2) is 77.6 Å². The van der Waals surface area contributed by atoms with Gasteiger partial charge in [-0.1, -0.05) is 53.5 Å². The standard InChI is InChI=1S/C43H54Cl2F3N3O10S/c1-55-18-19-57-22-23-59-26-27-61-29-28-60-25-24-58-21-20-56-17-16-51-40-11-6-34(42(32-2-7-35(44)8-3-32)33-4-9-36(45)10-5-33)30-38(40)39(31-41(51)52)49-37-12-14-50(15-13-37)62(53,54)43(46,47)48/h2-11,30-31,37,42,49H,12-29H2,1H3. The second kappa shape index (κ2) is 25.2. The van der Waals surface area contributed by atoms with Crippen molar-refractivity contribution in [3.63, 3.8) is 0 Å². The minimum Gasteiger partial charge on any atom is -0.382 e. The number of alkyl halides is 3. The molecule has 0 spiro atoms. The third-order valence-corrected chi connectivity index (χ3v) is 12.2. The summed E-state index contributed by atoms with van der Waals surface area (Å²) < 4.78 is 104. The molecule has 62 heavy (non-hydrogen) atoms. The van der Waals surface area contributed by atoms with Gasteiger partial charge in [0, 0.05) is 65.9 Å². The molecule has 0 saturated carbocycles. The van der Waals surface area contributed by atoms with Crippen molar-refractivity contribution in [3.8, 4) is 0 Å². The van der Waals surface area contributed by atoms with Crippen LogP contribution in [-0.4, -0.2) is 135 Å². The first-order valence-electron chi connectivity index (χ1n) is 20.4. The number of halogens is 5. The third kappa shape index (κ3) is 14.9. The lowest BCUT2D eigenvalue weighted by Gasteiger charge is -2.32. The average molecular weight is 933 g/mol. The summed E-state index contributed by atoms with van der Waals surface area (Å²) in [5.41, 5.74) is -1.78. The molecule has 0 bridgehead atoms. The molecule has 1 aliphatic rings. The number of sulfonamides is 1. The van der Waals surface area contributed by atoms with Crippen molar-refractivity contribution >= 4 is 49.8 Å². The second-order valence-corrected chi connectivity index (χ2v) is 17.1. The molecule has 2 heterocycles. The van der Waals surface area contributed by atoms with E-state index in [1.165, 1.54) is 6.07 Å². The quantitative estimate of drug-likeness (QED) is 0.0491. The first kappa shape index (κ1) is 49.7. The smallest absolute Gasteiger partial charge is 0.382 e. The lowest BCUT2D eigenvalue weighted by molar-refractivity contribution is -0.0494. The van der Waals surface area contributed by atoms with E-state index in [-0.39, 0.29) is 50.6 Å². The molecule has 13 nitrogen and oxygen atoms in total. The van der Waals surface area contributed by atoms with Crippen LogP contribution in [0.3, 0.4) is 0 Å². The number of hydrogen-bond donors (Lipinski definition) is 1. The highest BCUT2D eigenvalue weighted by molar-refractivity contribution is 7.90. The normalized spacial score (nSPS) is 14.3. The number of rotatable bonds is 27. The number of pyridine rings is 1. The van der Waals surface area contributed by atoms with Crippen LogP contribution >= 0.6 is 23.2 Å². The monoisotopic (exact) mass is 931 g/mol. The zero-order valence-corrected chi connectivity index (χ0v) is 36.9. The summed E-state index contributed by atoms with van der Waals surface area (Å²) in [6.45, 7) is 5.09. The molecule has 1 N–H and O–H groups in total. The number of piperidine rings is 1. The van der Waals surface area contributed by atoms with Gasteiger partial charge in [0.2, 0.25) is 0 Å². The number of benzene rings is 3. The molecule has 0 atom stereocenters. The van der Waals surface area contributed by atoms with Gasteiger partial charge in [-0.25, -0.2) is 8.42 Å². The summed E-state index contributed by atoms with van der Waals surface area (Å²) in [6.07, 6.45) is 0.218. The zero-order valence-electron chi connectivity index (χ0n) is 34.6. The van der Waals surface area contributed by atoms with Crippen molar-refractivity contribution in [2.24, 2.45) is 0 Å². The molecule has 0 amide bonds. The van der Waals surface area contributed by atoms with Gasteiger partial charge in [-0.15, -0.1) is 0 Å². The van der Waals surface area contributed by atoms with E-state index in [1.807, 2.05) is 66.7 Å². The van der Waals surface area contributed by atoms with Gasteiger partial charge in [-0.3, -0.25) is 4.79 Å². The topological polar surface area (TPSA) is 136 Å². The number of nitrogens with one attached hydrogen (secondary N) is 1. The zero-order chi connectivity index (χ0) is 44.4. The predicted molar refractivity (Wildman–Crippen MR) is 232 cm³/mol. The Labute approximate surface area is 370 Å². The number of methoxy groups -OCH3 is 1. The molecule has 0 unspecified atom stereocenters. The molecule has 1 aromatic heterocycles. The highest BCUT2D eigenvalue weighted by Crippen LogP contribution is 2.37. The molecule has 0 radical (unpaired) electrons. The maximum Gasteiger partial charge on any atom is 0.511 e. The summed E-state index contributed by atoms with van der Waals surface area (Å²) in [5, 5.41) is 5.23. The van der Waals surface area contributed by atoms with E-state index in [0.29, 0.717) is 110 Å². The lowest BCUT2D eigenvalue weighted by atomic mass is 9.84. The van der Waals surface area contributed by atoms with Crippen LogP contribution < -0.4 is 10.9 Å². The van der Waals surface area contributed by atoms with E-state index in [4.69, 9.17) is 56.4 Å². The van der Waals surface area contributed by atoms with Crippen LogP contribution in [0.4, 0.5) is 18.9 Å². The van der Waals surface area contributed by atoms with E-state index in [2.05, 4.69) is 5.32 Å². The van der Waals surface area contributed by atoms with Crippen LogP contribution in [0.25, 0.3) is 10.9 Å². The number of nitrogens with zero attached hydrogens (tertiary/aromatic N) is 2. The summed E-state index contributed by atoms with van der Waals surface area (Å²) in [5.74, 6) is -0.257. The Hall–Kier alpha value is -3.33. The summed E-state index contributed by atoms with van der Waals surface area (Å²) in [7, 11) is -3.82. The minimum absolute atomic E-state index is 0.109.